The van der Waals surface area contributed by atoms with Crippen molar-refractivity contribution in [3.8, 4) is 0 Å². The molecule has 0 aliphatic carbocycles. The fourth-order valence-corrected chi connectivity index (χ4v) is 3.08. The van der Waals surface area contributed by atoms with Crippen LogP contribution in [0.5, 0.6) is 0 Å². The molecule has 4 rings (SSSR count). The van der Waals surface area contributed by atoms with Crippen LogP contribution >= 0.6 is 0 Å². The molecule has 0 unspecified atom stereocenters. The zero-order valence-corrected chi connectivity index (χ0v) is 13.9. The number of fused-ring (bicyclic) bond motifs is 1. The quantitative estimate of drug-likeness (QED) is 0.716. The lowest BCUT2D eigenvalue weighted by molar-refractivity contribution is -0.137. The molecule has 0 spiro atoms. The van der Waals surface area contributed by atoms with Gasteiger partial charge in [0.2, 0.25) is 0 Å². The number of alkyl halides is 3. The minimum Gasteiger partial charge on any atom is -0.353 e. The van der Waals surface area contributed by atoms with E-state index in [4.69, 9.17) is 0 Å². The summed E-state index contributed by atoms with van der Waals surface area (Å²) in [5.41, 5.74) is 0.978. The number of hydrogen-bond donors (Lipinski definition) is 0. The number of rotatable bonds is 3. The summed E-state index contributed by atoms with van der Waals surface area (Å²) in [5.74, 6) is 0.867. The highest BCUT2D eigenvalue weighted by atomic mass is 19.4. The number of piperazine rings is 1. The molecule has 6 nitrogen and oxygen atoms in total. The Morgan fingerprint density at radius 1 is 0.923 bits per heavy atom. The summed E-state index contributed by atoms with van der Waals surface area (Å²) in [6, 6.07) is 9.20. The van der Waals surface area contributed by atoms with E-state index in [1.807, 2.05) is 12.1 Å². The van der Waals surface area contributed by atoms with E-state index in [-0.39, 0.29) is 0 Å². The highest BCUT2D eigenvalue weighted by molar-refractivity contribution is 5.45. The molecule has 2 aromatic heterocycles. The highest BCUT2D eigenvalue weighted by Gasteiger charge is 2.30. The zero-order chi connectivity index (χ0) is 18.1. The first kappa shape index (κ1) is 16.8. The Labute approximate surface area is 147 Å². The fourth-order valence-electron chi connectivity index (χ4n) is 3.08. The van der Waals surface area contributed by atoms with Crippen molar-refractivity contribution in [1.82, 2.24) is 24.7 Å². The second-order valence-electron chi connectivity index (χ2n) is 6.28. The molecule has 1 aliphatic rings. The summed E-state index contributed by atoms with van der Waals surface area (Å²) < 4.78 is 39.5. The molecule has 9 heteroatoms. The lowest BCUT2D eigenvalue weighted by atomic mass is 10.1. The van der Waals surface area contributed by atoms with Crippen LogP contribution in [-0.4, -0.2) is 50.9 Å². The average molecular weight is 362 g/mol. The molecule has 1 fully saturated rings. The molecule has 1 aliphatic heterocycles. The smallest absolute Gasteiger partial charge is 0.353 e. The van der Waals surface area contributed by atoms with Gasteiger partial charge in [-0.2, -0.15) is 17.7 Å². The van der Waals surface area contributed by atoms with Crippen molar-refractivity contribution < 1.29 is 13.2 Å². The van der Waals surface area contributed by atoms with E-state index in [2.05, 4.69) is 25.1 Å². The Balaban J connectivity index is 1.36. The maximum atomic E-state index is 12.6. The number of halogens is 3. The van der Waals surface area contributed by atoms with Crippen LogP contribution < -0.4 is 4.90 Å². The van der Waals surface area contributed by atoms with Crippen LogP contribution in [0.25, 0.3) is 5.65 Å². The molecular weight excluding hydrogens is 345 g/mol. The molecule has 1 aromatic carbocycles. The fraction of sp³-hybridized carbons (Fsp3) is 0.353. The first-order chi connectivity index (χ1) is 12.5. The molecule has 0 N–H and O–H groups in total. The second-order valence-corrected chi connectivity index (χ2v) is 6.28. The lowest BCUT2D eigenvalue weighted by Gasteiger charge is -2.35. The van der Waals surface area contributed by atoms with Crippen LogP contribution in [0, 0.1) is 0 Å². The Morgan fingerprint density at radius 2 is 1.65 bits per heavy atom. The van der Waals surface area contributed by atoms with Gasteiger partial charge in [-0.3, -0.25) is 4.90 Å². The Kier molecular flexibility index (Phi) is 4.23. The van der Waals surface area contributed by atoms with E-state index in [1.165, 1.54) is 0 Å². The maximum absolute atomic E-state index is 12.6. The Bertz CT molecular complexity index is 881. The van der Waals surface area contributed by atoms with Gasteiger partial charge in [-0.05, 0) is 29.8 Å². The van der Waals surface area contributed by atoms with Gasteiger partial charge in [-0.1, -0.05) is 12.1 Å². The number of anilines is 1. The minimum atomic E-state index is -4.29. The summed E-state index contributed by atoms with van der Waals surface area (Å²) in [7, 11) is 0. The SMILES string of the molecule is FC(F)(F)c1ccc(CN2CCN(c3ccc4nncn4n3)CC2)cc1. The molecule has 3 heterocycles. The van der Waals surface area contributed by atoms with E-state index < -0.39 is 11.7 Å². The van der Waals surface area contributed by atoms with E-state index in [0.717, 1.165) is 49.7 Å². The molecule has 0 atom stereocenters. The van der Waals surface area contributed by atoms with Gasteiger partial charge in [0.15, 0.2) is 5.65 Å². The minimum absolute atomic E-state index is 0.610. The van der Waals surface area contributed by atoms with Gasteiger partial charge in [-0.15, -0.1) is 15.3 Å². The summed E-state index contributed by atoms with van der Waals surface area (Å²) >= 11 is 0. The van der Waals surface area contributed by atoms with Crippen molar-refractivity contribution in [2.75, 3.05) is 31.1 Å². The van der Waals surface area contributed by atoms with Crippen LogP contribution in [0.1, 0.15) is 11.1 Å². The van der Waals surface area contributed by atoms with Crippen molar-refractivity contribution >= 4 is 11.5 Å². The van der Waals surface area contributed by atoms with Crippen LogP contribution in [0.3, 0.4) is 0 Å². The van der Waals surface area contributed by atoms with Crippen LogP contribution in [0.2, 0.25) is 0 Å². The summed E-state index contributed by atoms with van der Waals surface area (Å²) in [6.07, 6.45) is -2.72. The van der Waals surface area contributed by atoms with Gasteiger partial charge in [-0.25, -0.2) is 0 Å². The van der Waals surface area contributed by atoms with E-state index >= 15 is 0 Å². The van der Waals surface area contributed by atoms with Crippen molar-refractivity contribution in [2.24, 2.45) is 0 Å². The molecule has 0 saturated carbocycles. The van der Waals surface area contributed by atoms with Gasteiger partial charge in [0.25, 0.3) is 0 Å². The Morgan fingerprint density at radius 3 is 2.35 bits per heavy atom. The molecular formula is C17H17F3N6. The standard InChI is InChI=1S/C17H17F3N6/c18-17(19,20)14-3-1-13(2-4-14)11-24-7-9-25(10-8-24)16-6-5-15-22-21-12-26(15)23-16/h1-6,12H,7-11H2. The molecule has 0 bridgehead atoms. The van der Waals surface area contributed by atoms with Crippen molar-refractivity contribution in [3.63, 3.8) is 0 Å². The number of nitrogens with zero attached hydrogens (tertiary/aromatic N) is 6. The zero-order valence-electron chi connectivity index (χ0n) is 13.9. The topological polar surface area (TPSA) is 49.6 Å². The summed E-state index contributed by atoms with van der Waals surface area (Å²) in [6.45, 7) is 3.90. The number of hydrogen-bond acceptors (Lipinski definition) is 5. The first-order valence-corrected chi connectivity index (χ1v) is 8.29. The van der Waals surface area contributed by atoms with Gasteiger partial charge in [0, 0.05) is 32.7 Å². The van der Waals surface area contributed by atoms with E-state index in [0.29, 0.717) is 12.2 Å². The monoisotopic (exact) mass is 362 g/mol. The van der Waals surface area contributed by atoms with Crippen LogP contribution in [0.4, 0.5) is 19.0 Å². The third-order valence-corrected chi connectivity index (χ3v) is 4.53. The molecule has 136 valence electrons. The van der Waals surface area contributed by atoms with Gasteiger partial charge in [0.05, 0.1) is 5.56 Å². The predicted octanol–water partition coefficient (Wildman–Crippen LogP) is 2.47. The summed E-state index contributed by atoms with van der Waals surface area (Å²) in [5, 5.41) is 12.3. The molecule has 3 aromatic rings. The van der Waals surface area contributed by atoms with Crippen molar-refractivity contribution in [1.29, 1.82) is 0 Å². The van der Waals surface area contributed by atoms with E-state index in [9.17, 15) is 13.2 Å². The average Bonchev–Trinajstić information content (AvgIpc) is 3.10. The van der Waals surface area contributed by atoms with Gasteiger partial charge >= 0.3 is 6.18 Å². The molecule has 0 amide bonds. The van der Waals surface area contributed by atoms with Gasteiger partial charge < -0.3 is 4.90 Å². The first-order valence-electron chi connectivity index (χ1n) is 8.29. The van der Waals surface area contributed by atoms with Crippen molar-refractivity contribution in [3.05, 3.63) is 53.9 Å². The normalized spacial score (nSPS) is 16.3. The van der Waals surface area contributed by atoms with Gasteiger partial charge in [0.1, 0.15) is 12.1 Å². The molecule has 1 saturated heterocycles. The largest absolute Gasteiger partial charge is 0.416 e. The number of benzene rings is 1. The molecule has 26 heavy (non-hydrogen) atoms. The summed E-state index contributed by atoms with van der Waals surface area (Å²) in [4.78, 5) is 4.42. The molecule has 0 radical (unpaired) electrons. The van der Waals surface area contributed by atoms with Crippen LogP contribution in [-0.2, 0) is 12.7 Å². The van der Waals surface area contributed by atoms with Crippen molar-refractivity contribution in [2.45, 2.75) is 12.7 Å². The van der Waals surface area contributed by atoms with Crippen LogP contribution in [0.15, 0.2) is 42.7 Å². The predicted molar refractivity (Wildman–Crippen MR) is 89.7 cm³/mol. The lowest BCUT2D eigenvalue weighted by Crippen LogP contribution is -2.46. The Hall–Kier alpha value is -2.68. The van der Waals surface area contributed by atoms with E-state index in [1.54, 1.807) is 23.0 Å². The number of aromatic nitrogens is 4. The third kappa shape index (κ3) is 3.48. The third-order valence-electron chi connectivity index (χ3n) is 4.53. The maximum Gasteiger partial charge on any atom is 0.416 e. The second kappa shape index (κ2) is 6.56. The highest BCUT2D eigenvalue weighted by Crippen LogP contribution is 2.29.